The Morgan fingerprint density at radius 3 is 3.06 bits per heavy atom. The summed E-state index contributed by atoms with van der Waals surface area (Å²) in [4.78, 5) is 18.3. The van der Waals surface area contributed by atoms with Gasteiger partial charge in [-0.1, -0.05) is 6.07 Å². The van der Waals surface area contributed by atoms with Crippen molar-refractivity contribution in [3.05, 3.63) is 30.1 Å². The Kier molecular flexibility index (Phi) is 4.09. The van der Waals surface area contributed by atoms with E-state index in [0.29, 0.717) is 6.54 Å². The smallest absolute Gasteiger partial charge is 0.240 e. The molecule has 1 fully saturated rings. The van der Waals surface area contributed by atoms with E-state index in [1.54, 1.807) is 6.20 Å². The van der Waals surface area contributed by atoms with Crippen LogP contribution in [0, 0.1) is 0 Å². The summed E-state index contributed by atoms with van der Waals surface area (Å²) in [5, 5.41) is 3.25. The fourth-order valence-electron chi connectivity index (χ4n) is 2.15. The normalized spacial score (nSPS) is 19.2. The lowest BCUT2D eigenvalue weighted by molar-refractivity contribution is -0.133. The number of aromatic nitrogens is 1. The van der Waals surface area contributed by atoms with Crippen LogP contribution in [0.1, 0.15) is 25.5 Å². The van der Waals surface area contributed by atoms with Crippen LogP contribution in [0.5, 0.6) is 0 Å². The molecule has 0 bridgehead atoms. The van der Waals surface area contributed by atoms with E-state index < -0.39 is 0 Å². The topological polar surface area (TPSA) is 45.2 Å². The fourth-order valence-corrected chi connectivity index (χ4v) is 2.15. The first kappa shape index (κ1) is 12.0. The van der Waals surface area contributed by atoms with Crippen molar-refractivity contribution in [1.29, 1.82) is 0 Å². The number of rotatable bonds is 4. The van der Waals surface area contributed by atoms with Gasteiger partial charge in [0.15, 0.2) is 0 Å². The van der Waals surface area contributed by atoms with Crippen LogP contribution >= 0.6 is 0 Å². The number of hydrogen-bond donors (Lipinski definition) is 1. The Morgan fingerprint density at radius 2 is 2.47 bits per heavy atom. The average Bonchev–Trinajstić information content (AvgIpc) is 2.90. The summed E-state index contributed by atoms with van der Waals surface area (Å²) < 4.78 is 0. The lowest BCUT2D eigenvalue weighted by atomic mass is 10.2. The molecule has 1 saturated heterocycles. The van der Waals surface area contributed by atoms with Crippen molar-refractivity contribution in [3.8, 4) is 0 Å². The molecule has 2 heterocycles. The van der Waals surface area contributed by atoms with E-state index in [4.69, 9.17) is 0 Å². The molecule has 1 aromatic rings. The molecular weight excluding hydrogens is 214 g/mol. The lowest BCUT2D eigenvalue weighted by Crippen LogP contribution is -2.43. The minimum Gasteiger partial charge on any atom is -0.336 e. The van der Waals surface area contributed by atoms with Crippen LogP contribution in [0.3, 0.4) is 0 Å². The molecule has 1 aromatic heterocycles. The summed E-state index contributed by atoms with van der Waals surface area (Å²) in [6.07, 6.45) is 3.82. The quantitative estimate of drug-likeness (QED) is 0.849. The molecule has 0 spiro atoms. The van der Waals surface area contributed by atoms with Crippen LogP contribution in [-0.4, -0.2) is 34.9 Å². The first-order valence-electron chi connectivity index (χ1n) is 6.23. The van der Waals surface area contributed by atoms with Gasteiger partial charge in [-0.05, 0) is 38.4 Å². The second kappa shape index (κ2) is 5.77. The predicted molar refractivity (Wildman–Crippen MR) is 66.4 cm³/mol. The van der Waals surface area contributed by atoms with Crippen molar-refractivity contribution >= 4 is 5.91 Å². The van der Waals surface area contributed by atoms with E-state index >= 15 is 0 Å². The maximum Gasteiger partial charge on any atom is 0.240 e. The predicted octanol–water partition coefficient (Wildman–Crippen LogP) is 1.18. The van der Waals surface area contributed by atoms with E-state index in [9.17, 15) is 4.79 Å². The zero-order chi connectivity index (χ0) is 12.1. The molecule has 0 aliphatic carbocycles. The zero-order valence-corrected chi connectivity index (χ0v) is 10.2. The molecule has 0 radical (unpaired) electrons. The van der Waals surface area contributed by atoms with Crippen LogP contribution in [0.15, 0.2) is 24.4 Å². The van der Waals surface area contributed by atoms with Gasteiger partial charge in [-0.2, -0.15) is 0 Å². The number of carbonyl (C=O) groups is 1. The average molecular weight is 233 g/mol. The van der Waals surface area contributed by atoms with Gasteiger partial charge in [0, 0.05) is 12.7 Å². The monoisotopic (exact) mass is 233 g/mol. The maximum absolute atomic E-state index is 12.2. The number of nitrogens with zero attached hydrogens (tertiary/aromatic N) is 2. The highest BCUT2D eigenvalue weighted by Crippen LogP contribution is 2.10. The van der Waals surface area contributed by atoms with Gasteiger partial charge in [0.05, 0.1) is 18.3 Å². The van der Waals surface area contributed by atoms with Crippen molar-refractivity contribution in [3.63, 3.8) is 0 Å². The third-order valence-electron chi connectivity index (χ3n) is 3.13. The number of nitrogens with one attached hydrogen (secondary N) is 1. The lowest BCUT2D eigenvalue weighted by Gasteiger charge is -2.23. The van der Waals surface area contributed by atoms with E-state index in [2.05, 4.69) is 10.3 Å². The number of carbonyl (C=O) groups excluding carboxylic acids is 1. The Bertz CT molecular complexity index is 360. The SMILES string of the molecule is CCN(Cc1ccccn1)C(=O)C1CCCN1. The van der Waals surface area contributed by atoms with Crippen molar-refractivity contribution in [1.82, 2.24) is 15.2 Å². The fraction of sp³-hybridized carbons (Fsp3) is 0.538. The van der Waals surface area contributed by atoms with Gasteiger partial charge >= 0.3 is 0 Å². The molecule has 2 rings (SSSR count). The van der Waals surface area contributed by atoms with Gasteiger partial charge in [-0.25, -0.2) is 0 Å². The summed E-state index contributed by atoms with van der Waals surface area (Å²) in [6.45, 7) is 4.30. The Morgan fingerprint density at radius 1 is 1.59 bits per heavy atom. The molecule has 1 N–H and O–H groups in total. The molecule has 1 aliphatic rings. The Balaban J connectivity index is 1.98. The van der Waals surface area contributed by atoms with E-state index in [-0.39, 0.29) is 11.9 Å². The molecule has 1 unspecified atom stereocenters. The van der Waals surface area contributed by atoms with Gasteiger partial charge in [0.1, 0.15) is 0 Å². The molecule has 92 valence electrons. The third-order valence-corrected chi connectivity index (χ3v) is 3.13. The van der Waals surface area contributed by atoms with Crippen LogP contribution in [0.25, 0.3) is 0 Å². The second-order valence-corrected chi connectivity index (χ2v) is 4.32. The zero-order valence-electron chi connectivity index (χ0n) is 10.2. The third kappa shape index (κ3) is 3.03. The molecule has 0 aromatic carbocycles. The highest BCUT2D eigenvalue weighted by Gasteiger charge is 2.26. The number of hydrogen-bond acceptors (Lipinski definition) is 3. The summed E-state index contributed by atoms with van der Waals surface area (Å²) in [5.41, 5.74) is 0.945. The van der Waals surface area contributed by atoms with E-state index in [1.807, 2.05) is 30.0 Å². The molecule has 1 aliphatic heterocycles. The molecule has 4 heteroatoms. The minimum absolute atomic E-state index is 0.0127. The van der Waals surface area contributed by atoms with Crippen LogP contribution in [0.2, 0.25) is 0 Å². The van der Waals surface area contributed by atoms with E-state index in [0.717, 1.165) is 31.6 Å². The van der Waals surface area contributed by atoms with Gasteiger partial charge in [-0.3, -0.25) is 9.78 Å². The summed E-state index contributed by atoms with van der Waals surface area (Å²) >= 11 is 0. The van der Waals surface area contributed by atoms with Crippen molar-refractivity contribution in [2.24, 2.45) is 0 Å². The largest absolute Gasteiger partial charge is 0.336 e. The van der Waals surface area contributed by atoms with E-state index in [1.165, 1.54) is 0 Å². The summed E-state index contributed by atoms with van der Waals surface area (Å²) in [6, 6.07) is 5.81. The number of amides is 1. The van der Waals surface area contributed by atoms with Crippen molar-refractivity contribution in [2.75, 3.05) is 13.1 Å². The van der Waals surface area contributed by atoms with Crippen molar-refractivity contribution in [2.45, 2.75) is 32.4 Å². The molecule has 1 atom stereocenters. The maximum atomic E-state index is 12.2. The van der Waals surface area contributed by atoms with Crippen LogP contribution < -0.4 is 5.32 Å². The van der Waals surface area contributed by atoms with Gasteiger partial charge < -0.3 is 10.2 Å². The molecule has 17 heavy (non-hydrogen) atoms. The molecule has 1 amide bonds. The minimum atomic E-state index is 0.0127. The first-order valence-corrected chi connectivity index (χ1v) is 6.23. The summed E-state index contributed by atoms with van der Waals surface area (Å²) in [5.74, 6) is 0.204. The first-order chi connectivity index (χ1) is 8.31. The Hall–Kier alpha value is -1.42. The number of likely N-dealkylation sites (N-methyl/N-ethyl adjacent to an activating group) is 1. The van der Waals surface area contributed by atoms with Crippen molar-refractivity contribution < 1.29 is 4.79 Å². The highest BCUT2D eigenvalue weighted by atomic mass is 16.2. The highest BCUT2D eigenvalue weighted by molar-refractivity contribution is 5.82. The second-order valence-electron chi connectivity index (χ2n) is 4.32. The molecule has 0 saturated carbocycles. The molecule has 4 nitrogen and oxygen atoms in total. The molecular formula is C13H19N3O. The van der Waals surface area contributed by atoms with Gasteiger partial charge in [-0.15, -0.1) is 0 Å². The van der Waals surface area contributed by atoms with Crippen LogP contribution in [0.4, 0.5) is 0 Å². The van der Waals surface area contributed by atoms with Gasteiger partial charge in [0.2, 0.25) is 5.91 Å². The Labute approximate surface area is 102 Å². The van der Waals surface area contributed by atoms with Crippen LogP contribution in [-0.2, 0) is 11.3 Å². The summed E-state index contributed by atoms with van der Waals surface area (Å²) in [7, 11) is 0. The standard InChI is InChI=1S/C13H19N3O/c1-2-16(10-11-6-3-4-8-14-11)13(17)12-7-5-9-15-12/h3-4,6,8,12,15H,2,5,7,9-10H2,1H3. The number of pyridine rings is 1. The van der Waals surface area contributed by atoms with Gasteiger partial charge in [0.25, 0.3) is 0 Å².